The highest BCUT2D eigenvalue weighted by atomic mass is 16.5. The summed E-state index contributed by atoms with van der Waals surface area (Å²) in [6, 6.07) is 6.59. The van der Waals surface area contributed by atoms with Gasteiger partial charge in [-0.15, -0.1) is 0 Å². The van der Waals surface area contributed by atoms with Crippen molar-refractivity contribution < 1.29 is 19.4 Å². The fourth-order valence-electron chi connectivity index (χ4n) is 2.57. The molecule has 0 unspecified atom stereocenters. The lowest BCUT2D eigenvalue weighted by atomic mass is 9.67. The van der Waals surface area contributed by atoms with Gasteiger partial charge in [-0.05, 0) is 42.9 Å². The molecule has 1 amide bonds. The van der Waals surface area contributed by atoms with Gasteiger partial charge in [0.1, 0.15) is 5.75 Å². The van der Waals surface area contributed by atoms with Crippen LogP contribution in [-0.2, 0) is 4.79 Å². The zero-order chi connectivity index (χ0) is 15.3. The first-order valence-electron chi connectivity index (χ1n) is 7.27. The average Bonchev–Trinajstić information content (AvgIpc) is 2.44. The Labute approximate surface area is 124 Å². The number of carboxylic acids is 1. The van der Waals surface area contributed by atoms with E-state index >= 15 is 0 Å². The zero-order valence-corrected chi connectivity index (χ0v) is 12.2. The second kappa shape index (κ2) is 6.61. The first-order chi connectivity index (χ1) is 10.0. The van der Waals surface area contributed by atoms with Gasteiger partial charge in [-0.1, -0.05) is 19.4 Å². The van der Waals surface area contributed by atoms with Crippen molar-refractivity contribution in [3.8, 4) is 5.75 Å². The largest absolute Gasteiger partial charge is 0.482 e. The SMILES string of the molecule is CCC1(CNC(=O)c2cccc(OCC(=O)O)c2)CCC1. The number of carbonyl (C=O) groups excluding carboxylic acids is 1. The van der Waals surface area contributed by atoms with Crippen LogP contribution in [0.25, 0.3) is 0 Å². The lowest BCUT2D eigenvalue weighted by Gasteiger charge is -2.41. The molecule has 0 saturated heterocycles. The van der Waals surface area contributed by atoms with Gasteiger partial charge in [0.05, 0.1) is 0 Å². The summed E-state index contributed by atoms with van der Waals surface area (Å²) in [5.74, 6) is -0.797. The Morgan fingerprint density at radius 2 is 2.14 bits per heavy atom. The lowest BCUT2D eigenvalue weighted by Crippen LogP contribution is -2.41. The number of rotatable bonds is 7. The molecule has 1 saturated carbocycles. The predicted molar refractivity (Wildman–Crippen MR) is 78.5 cm³/mol. The van der Waals surface area contributed by atoms with E-state index in [0.717, 1.165) is 6.42 Å². The van der Waals surface area contributed by atoms with Crippen molar-refractivity contribution in [3.05, 3.63) is 29.8 Å². The molecule has 114 valence electrons. The molecule has 1 aromatic carbocycles. The number of nitrogens with one attached hydrogen (secondary N) is 1. The van der Waals surface area contributed by atoms with Crippen molar-refractivity contribution in [1.82, 2.24) is 5.32 Å². The Balaban J connectivity index is 1.92. The molecule has 21 heavy (non-hydrogen) atoms. The molecule has 0 bridgehead atoms. The van der Waals surface area contributed by atoms with E-state index in [1.165, 1.54) is 19.3 Å². The molecule has 1 aliphatic carbocycles. The second-order valence-electron chi connectivity index (χ2n) is 5.60. The summed E-state index contributed by atoms with van der Waals surface area (Å²) in [5.41, 5.74) is 0.760. The highest BCUT2D eigenvalue weighted by molar-refractivity contribution is 5.94. The summed E-state index contributed by atoms with van der Waals surface area (Å²) in [4.78, 5) is 22.6. The topological polar surface area (TPSA) is 75.6 Å². The zero-order valence-electron chi connectivity index (χ0n) is 12.2. The van der Waals surface area contributed by atoms with Gasteiger partial charge < -0.3 is 15.2 Å². The quantitative estimate of drug-likeness (QED) is 0.809. The van der Waals surface area contributed by atoms with Crippen LogP contribution < -0.4 is 10.1 Å². The van der Waals surface area contributed by atoms with Crippen molar-refractivity contribution in [2.75, 3.05) is 13.2 Å². The van der Waals surface area contributed by atoms with E-state index < -0.39 is 12.6 Å². The molecule has 2 rings (SSSR count). The van der Waals surface area contributed by atoms with E-state index in [9.17, 15) is 9.59 Å². The molecule has 0 heterocycles. The van der Waals surface area contributed by atoms with Crippen LogP contribution in [0.4, 0.5) is 0 Å². The summed E-state index contributed by atoms with van der Waals surface area (Å²) in [7, 11) is 0. The molecular formula is C16H21NO4. The molecule has 5 heteroatoms. The fraction of sp³-hybridized carbons (Fsp3) is 0.500. The van der Waals surface area contributed by atoms with E-state index in [2.05, 4.69) is 12.2 Å². The molecule has 0 aliphatic heterocycles. The Bertz CT molecular complexity index is 517. The average molecular weight is 291 g/mol. The Hall–Kier alpha value is -2.04. The fourth-order valence-corrected chi connectivity index (χ4v) is 2.57. The molecule has 0 radical (unpaired) electrons. The third kappa shape index (κ3) is 3.97. The van der Waals surface area contributed by atoms with Crippen LogP contribution in [-0.4, -0.2) is 30.1 Å². The Morgan fingerprint density at radius 3 is 2.71 bits per heavy atom. The van der Waals surface area contributed by atoms with Crippen molar-refractivity contribution in [2.24, 2.45) is 5.41 Å². The number of carbonyl (C=O) groups is 2. The molecule has 1 aliphatic rings. The van der Waals surface area contributed by atoms with Crippen LogP contribution in [0.1, 0.15) is 43.0 Å². The monoisotopic (exact) mass is 291 g/mol. The maximum Gasteiger partial charge on any atom is 0.341 e. The van der Waals surface area contributed by atoms with Gasteiger partial charge in [0.2, 0.25) is 0 Å². The number of carboxylic acid groups (broad SMARTS) is 1. The van der Waals surface area contributed by atoms with Gasteiger partial charge in [-0.2, -0.15) is 0 Å². The van der Waals surface area contributed by atoms with Gasteiger partial charge in [-0.3, -0.25) is 4.79 Å². The van der Waals surface area contributed by atoms with Gasteiger partial charge in [0, 0.05) is 12.1 Å². The molecular weight excluding hydrogens is 270 g/mol. The molecule has 0 aromatic heterocycles. The summed E-state index contributed by atoms with van der Waals surface area (Å²) < 4.78 is 5.08. The number of aliphatic carboxylic acids is 1. The number of hydrogen-bond acceptors (Lipinski definition) is 3. The molecule has 1 aromatic rings. The van der Waals surface area contributed by atoms with Gasteiger partial charge in [-0.25, -0.2) is 4.79 Å². The number of ether oxygens (including phenoxy) is 1. The third-order valence-corrected chi connectivity index (χ3v) is 4.25. The Morgan fingerprint density at radius 1 is 1.38 bits per heavy atom. The minimum absolute atomic E-state index is 0.143. The van der Waals surface area contributed by atoms with E-state index in [1.54, 1.807) is 24.3 Å². The standard InChI is InChI=1S/C16H21NO4/c1-2-16(7-4-8-16)11-17-15(20)12-5-3-6-13(9-12)21-10-14(18)19/h3,5-6,9H,2,4,7-8,10-11H2,1H3,(H,17,20)(H,18,19). The molecule has 0 spiro atoms. The number of amides is 1. The smallest absolute Gasteiger partial charge is 0.341 e. The van der Waals surface area contributed by atoms with E-state index in [4.69, 9.17) is 9.84 Å². The number of hydrogen-bond donors (Lipinski definition) is 2. The first kappa shape index (κ1) is 15.4. The molecule has 1 fully saturated rings. The highest BCUT2D eigenvalue weighted by Gasteiger charge is 2.35. The summed E-state index contributed by atoms with van der Waals surface area (Å²) in [6.45, 7) is 2.44. The van der Waals surface area contributed by atoms with Crippen LogP contribution in [0.15, 0.2) is 24.3 Å². The minimum Gasteiger partial charge on any atom is -0.482 e. The molecule has 2 N–H and O–H groups in total. The van der Waals surface area contributed by atoms with E-state index in [1.807, 2.05) is 0 Å². The van der Waals surface area contributed by atoms with Crippen LogP contribution in [0.2, 0.25) is 0 Å². The van der Waals surface area contributed by atoms with E-state index in [0.29, 0.717) is 17.9 Å². The maximum atomic E-state index is 12.2. The van der Waals surface area contributed by atoms with Gasteiger partial charge in [0.15, 0.2) is 6.61 Å². The highest BCUT2D eigenvalue weighted by Crippen LogP contribution is 2.43. The van der Waals surface area contributed by atoms with Crippen LogP contribution in [0, 0.1) is 5.41 Å². The van der Waals surface area contributed by atoms with E-state index in [-0.39, 0.29) is 11.3 Å². The Kier molecular flexibility index (Phi) is 4.83. The van der Waals surface area contributed by atoms with Crippen molar-refractivity contribution >= 4 is 11.9 Å². The summed E-state index contributed by atoms with van der Waals surface area (Å²) in [6.07, 6.45) is 4.66. The van der Waals surface area contributed by atoms with Crippen molar-refractivity contribution in [2.45, 2.75) is 32.6 Å². The normalized spacial score (nSPS) is 15.9. The maximum absolute atomic E-state index is 12.2. The molecule has 5 nitrogen and oxygen atoms in total. The van der Waals surface area contributed by atoms with Crippen molar-refractivity contribution in [1.29, 1.82) is 0 Å². The minimum atomic E-state index is -1.04. The first-order valence-corrected chi connectivity index (χ1v) is 7.27. The van der Waals surface area contributed by atoms with Crippen LogP contribution in [0.5, 0.6) is 5.75 Å². The van der Waals surface area contributed by atoms with Gasteiger partial charge >= 0.3 is 5.97 Å². The lowest BCUT2D eigenvalue weighted by molar-refractivity contribution is -0.139. The number of benzene rings is 1. The molecule has 0 atom stereocenters. The summed E-state index contributed by atoms with van der Waals surface area (Å²) >= 11 is 0. The third-order valence-electron chi connectivity index (χ3n) is 4.25. The van der Waals surface area contributed by atoms with Crippen molar-refractivity contribution in [3.63, 3.8) is 0 Å². The second-order valence-corrected chi connectivity index (χ2v) is 5.60. The predicted octanol–water partition coefficient (Wildman–Crippen LogP) is 2.46. The summed E-state index contributed by atoms with van der Waals surface area (Å²) in [5, 5.41) is 11.6. The van der Waals surface area contributed by atoms with Crippen LogP contribution in [0.3, 0.4) is 0 Å². The van der Waals surface area contributed by atoms with Gasteiger partial charge in [0.25, 0.3) is 5.91 Å². The van der Waals surface area contributed by atoms with Crippen LogP contribution >= 0.6 is 0 Å².